The molecule has 0 aliphatic heterocycles. The van der Waals surface area contributed by atoms with Crippen LogP contribution in [0.25, 0.3) is 10.9 Å². The molecule has 1 aromatic heterocycles. The lowest BCUT2D eigenvalue weighted by Gasteiger charge is -2.24. The molecule has 6 nitrogen and oxygen atoms in total. The first kappa shape index (κ1) is 14.8. The molecule has 0 saturated heterocycles. The lowest BCUT2D eigenvalue weighted by atomic mass is 10.1. The summed E-state index contributed by atoms with van der Waals surface area (Å²) in [5.41, 5.74) is 0.368. The van der Waals surface area contributed by atoms with Crippen LogP contribution >= 0.6 is 0 Å². The molecule has 0 saturated carbocycles. The molecule has 0 radical (unpaired) electrons. The van der Waals surface area contributed by atoms with Crippen molar-refractivity contribution in [3.8, 4) is 0 Å². The van der Waals surface area contributed by atoms with Gasteiger partial charge < -0.3 is 15.0 Å². The van der Waals surface area contributed by atoms with Crippen LogP contribution in [0.15, 0.2) is 35.1 Å². The average molecular weight is 288 g/mol. The fourth-order valence-electron chi connectivity index (χ4n) is 2.10. The Hall–Kier alpha value is -2.63. The second-order valence-electron chi connectivity index (χ2n) is 5.01. The summed E-state index contributed by atoms with van der Waals surface area (Å²) in [7, 11) is 0. The highest BCUT2D eigenvalue weighted by molar-refractivity contribution is 5.96. The molecule has 0 bridgehead atoms. The molecule has 21 heavy (non-hydrogen) atoms. The van der Waals surface area contributed by atoms with Crippen molar-refractivity contribution >= 4 is 22.8 Å². The van der Waals surface area contributed by atoms with Crippen molar-refractivity contribution in [3.05, 3.63) is 46.2 Å². The number of amides is 1. The van der Waals surface area contributed by atoms with Crippen LogP contribution < -0.4 is 5.43 Å². The van der Waals surface area contributed by atoms with Gasteiger partial charge >= 0.3 is 5.97 Å². The maximum atomic E-state index is 12.4. The number of carbonyl (C=O) groups excluding carboxylic acids is 1. The number of para-hydroxylation sites is 1. The van der Waals surface area contributed by atoms with Gasteiger partial charge in [0, 0.05) is 23.0 Å². The second kappa shape index (κ2) is 5.78. The number of nitrogens with zero attached hydrogens (tertiary/aromatic N) is 1. The number of H-pyrrole nitrogens is 1. The number of aliphatic carboxylic acids is 1. The van der Waals surface area contributed by atoms with E-state index in [0.29, 0.717) is 10.9 Å². The minimum atomic E-state index is -1.10. The van der Waals surface area contributed by atoms with Crippen molar-refractivity contribution in [2.45, 2.75) is 19.9 Å². The van der Waals surface area contributed by atoms with E-state index in [-0.39, 0.29) is 17.2 Å². The third-order valence-electron chi connectivity index (χ3n) is 3.16. The minimum absolute atomic E-state index is 0.0913. The van der Waals surface area contributed by atoms with Gasteiger partial charge in [-0.15, -0.1) is 0 Å². The lowest BCUT2D eigenvalue weighted by Crippen LogP contribution is -2.41. The summed E-state index contributed by atoms with van der Waals surface area (Å²) < 4.78 is 0. The molecule has 1 heterocycles. The summed E-state index contributed by atoms with van der Waals surface area (Å²) in [4.78, 5) is 39.4. The van der Waals surface area contributed by atoms with Gasteiger partial charge in [-0.1, -0.05) is 12.1 Å². The third kappa shape index (κ3) is 3.10. The van der Waals surface area contributed by atoms with E-state index in [0.717, 1.165) is 0 Å². The van der Waals surface area contributed by atoms with E-state index in [1.807, 2.05) is 0 Å². The number of rotatable bonds is 4. The van der Waals surface area contributed by atoms with Crippen molar-refractivity contribution < 1.29 is 14.7 Å². The van der Waals surface area contributed by atoms with Gasteiger partial charge in [-0.2, -0.15) is 0 Å². The molecule has 2 rings (SSSR count). The zero-order valence-corrected chi connectivity index (χ0v) is 11.8. The van der Waals surface area contributed by atoms with Crippen LogP contribution in [-0.2, 0) is 4.79 Å². The first-order chi connectivity index (χ1) is 9.90. The van der Waals surface area contributed by atoms with Crippen molar-refractivity contribution in [2.75, 3.05) is 6.54 Å². The van der Waals surface area contributed by atoms with E-state index < -0.39 is 18.4 Å². The van der Waals surface area contributed by atoms with Crippen LogP contribution in [0.1, 0.15) is 24.3 Å². The Labute approximate surface area is 121 Å². The van der Waals surface area contributed by atoms with E-state index in [2.05, 4.69) is 4.98 Å². The summed E-state index contributed by atoms with van der Waals surface area (Å²) in [6.07, 6.45) is 0. The topological polar surface area (TPSA) is 90.5 Å². The highest BCUT2D eigenvalue weighted by Crippen LogP contribution is 2.10. The van der Waals surface area contributed by atoms with E-state index >= 15 is 0 Å². The summed E-state index contributed by atoms with van der Waals surface area (Å²) >= 11 is 0. The van der Waals surface area contributed by atoms with E-state index in [1.165, 1.54) is 11.0 Å². The summed E-state index contributed by atoms with van der Waals surface area (Å²) in [5.74, 6) is -1.60. The molecule has 0 aliphatic rings. The number of aromatic amines is 1. The third-order valence-corrected chi connectivity index (χ3v) is 3.16. The Morgan fingerprint density at radius 2 is 1.95 bits per heavy atom. The average Bonchev–Trinajstić information content (AvgIpc) is 2.43. The van der Waals surface area contributed by atoms with E-state index in [9.17, 15) is 14.4 Å². The van der Waals surface area contributed by atoms with Crippen LogP contribution in [0.2, 0.25) is 0 Å². The predicted molar refractivity (Wildman–Crippen MR) is 78.4 cm³/mol. The van der Waals surface area contributed by atoms with Gasteiger partial charge in [0.15, 0.2) is 5.43 Å². The van der Waals surface area contributed by atoms with Crippen LogP contribution in [0.4, 0.5) is 0 Å². The van der Waals surface area contributed by atoms with Crippen molar-refractivity contribution in [2.24, 2.45) is 0 Å². The molecule has 1 amide bonds. The molecule has 0 unspecified atom stereocenters. The molecule has 6 heteroatoms. The normalized spacial score (nSPS) is 10.8. The van der Waals surface area contributed by atoms with Gasteiger partial charge in [0.2, 0.25) is 0 Å². The second-order valence-corrected chi connectivity index (χ2v) is 5.01. The molecule has 0 aliphatic carbocycles. The van der Waals surface area contributed by atoms with Crippen molar-refractivity contribution in [1.29, 1.82) is 0 Å². The Morgan fingerprint density at radius 3 is 2.57 bits per heavy atom. The lowest BCUT2D eigenvalue weighted by molar-refractivity contribution is -0.138. The molecule has 0 atom stereocenters. The Morgan fingerprint density at radius 1 is 1.29 bits per heavy atom. The number of carboxylic acids is 1. The summed E-state index contributed by atoms with van der Waals surface area (Å²) in [5, 5.41) is 9.38. The number of fused-ring (bicyclic) bond motifs is 1. The fourth-order valence-corrected chi connectivity index (χ4v) is 2.10. The van der Waals surface area contributed by atoms with Crippen molar-refractivity contribution in [1.82, 2.24) is 9.88 Å². The molecule has 0 fully saturated rings. The quantitative estimate of drug-likeness (QED) is 0.891. The molecule has 1 aromatic carbocycles. The van der Waals surface area contributed by atoms with Gasteiger partial charge in [-0.3, -0.25) is 14.4 Å². The Kier molecular flexibility index (Phi) is 4.07. The van der Waals surface area contributed by atoms with Crippen LogP contribution in [0.3, 0.4) is 0 Å². The maximum absolute atomic E-state index is 12.4. The van der Waals surface area contributed by atoms with Crippen molar-refractivity contribution in [3.63, 3.8) is 0 Å². The van der Waals surface area contributed by atoms with Gasteiger partial charge in [0.05, 0.1) is 0 Å². The number of nitrogens with one attached hydrogen (secondary N) is 1. The number of aromatic nitrogens is 1. The highest BCUT2D eigenvalue weighted by Gasteiger charge is 2.22. The molecular weight excluding hydrogens is 272 g/mol. The molecule has 0 spiro atoms. The molecule has 2 N–H and O–H groups in total. The van der Waals surface area contributed by atoms with E-state index in [4.69, 9.17) is 5.11 Å². The standard InChI is InChI=1S/C15H16N2O4/c1-9(2)17(8-14(19)20)15(21)12-7-13(18)10-5-3-4-6-11(10)16-12/h3-7,9H,8H2,1-2H3,(H,16,18)(H,19,20). The Bertz CT molecular complexity index is 749. The van der Waals surface area contributed by atoms with Gasteiger partial charge in [-0.25, -0.2) is 0 Å². The Balaban J connectivity index is 2.47. The number of hydrogen-bond acceptors (Lipinski definition) is 3. The maximum Gasteiger partial charge on any atom is 0.323 e. The number of carboxylic acid groups (broad SMARTS) is 1. The van der Waals surface area contributed by atoms with Gasteiger partial charge in [0.1, 0.15) is 12.2 Å². The summed E-state index contributed by atoms with van der Waals surface area (Å²) in [6, 6.07) is 7.78. The SMILES string of the molecule is CC(C)N(CC(=O)O)C(=O)c1cc(=O)c2ccccc2[nH]1. The van der Waals surface area contributed by atoms with Crippen LogP contribution in [0, 0.1) is 0 Å². The van der Waals surface area contributed by atoms with E-state index in [1.54, 1.807) is 38.1 Å². The highest BCUT2D eigenvalue weighted by atomic mass is 16.4. The number of carbonyl (C=O) groups is 2. The van der Waals surface area contributed by atoms with Crippen LogP contribution in [0.5, 0.6) is 0 Å². The smallest absolute Gasteiger partial charge is 0.323 e. The van der Waals surface area contributed by atoms with Crippen LogP contribution in [-0.4, -0.2) is 39.5 Å². The molecule has 110 valence electrons. The minimum Gasteiger partial charge on any atom is -0.480 e. The first-order valence-corrected chi connectivity index (χ1v) is 6.55. The molecular formula is C15H16N2O4. The number of benzene rings is 1. The molecule has 2 aromatic rings. The predicted octanol–water partition coefficient (Wildman–Crippen LogP) is 1.46. The zero-order chi connectivity index (χ0) is 15.6. The number of pyridine rings is 1. The van der Waals surface area contributed by atoms with Gasteiger partial charge in [-0.05, 0) is 26.0 Å². The fraction of sp³-hybridized carbons (Fsp3) is 0.267. The number of hydrogen-bond donors (Lipinski definition) is 2. The van der Waals surface area contributed by atoms with Gasteiger partial charge in [0.25, 0.3) is 5.91 Å². The monoisotopic (exact) mass is 288 g/mol. The zero-order valence-electron chi connectivity index (χ0n) is 11.8. The first-order valence-electron chi connectivity index (χ1n) is 6.55. The largest absolute Gasteiger partial charge is 0.480 e. The summed E-state index contributed by atoms with van der Waals surface area (Å²) in [6.45, 7) is 3.03.